The van der Waals surface area contributed by atoms with Crippen LogP contribution in [0.5, 0.6) is 0 Å². The molecule has 1 amide bonds. The van der Waals surface area contributed by atoms with Gasteiger partial charge in [0.05, 0.1) is 6.04 Å². The molecule has 0 heterocycles. The molecule has 0 radical (unpaired) electrons. The van der Waals surface area contributed by atoms with E-state index in [2.05, 4.69) is 19.2 Å². The van der Waals surface area contributed by atoms with Gasteiger partial charge in [0.15, 0.2) is 0 Å². The van der Waals surface area contributed by atoms with Gasteiger partial charge in [0.25, 0.3) is 0 Å². The molecule has 0 fully saturated rings. The molecular weight excluding hydrogens is 276 g/mol. The van der Waals surface area contributed by atoms with E-state index in [4.69, 9.17) is 5.73 Å². The highest BCUT2D eigenvalue weighted by Crippen LogP contribution is 2.13. The van der Waals surface area contributed by atoms with E-state index in [1.165, 1.54) is 32.1 Å². The van der Waals surface area contributed by atoms with E-state index in [-0.39, 0.29) is 5.91 Å². The molecule has 0 aliphatic heterocycles. The SMILES string of the molecule is CCCCCCCCC(=O)CCC(CC)CNC(=O)C(C)N. The topological polar surface area (TPSA) is 72.2 Å². The first-order valence-corrected chi connectivity index (χ1v) is 9.06. The highest BCUT2D eigenvalue weighted by atomic mass is 16.2. The first kappa shape index (κ1) is 21.1. The van der Waals surface area contributed by atoms with Crippen LogP contribution in [0.1, 0.15) is 85.0 Å². The molecule has 0 spiro atoms. The Kier molecular flexibility index (Phi) is 13.2. The maximum absolute atomic E-state index is 11.9. The molecule has 0 aromatic rings. The average Bonchev–Trinajstić information content (AvgIpc) is 2.50. The number of Topliss-reactive ketones (excluding diaryl/α,β-unsaturated/α-hetero) is 1. The Labute approximate surface area is 136 Å². The van der Waals surface area contributed by atoms with Gasteiger partial charge in [0.1, 0.15) is 5.78 Å². The molecule has 22 heavy (non-hydrogen) atoms. The van der Waals surface area contributed by atoms with E-state index >= 15 is 0 Å². The number of rotatable bonds is 14. The Morgan fingerprint density at radius 1 is 1.00 bits per heavy atom. The van der Waals surface area contributed by atoms with E-state index in [1.54, 1.807) is 6.92 Å². The van der Waals surface area contributed by atoms with Crippen molar-refractivity contribution < 1.29 is 9.59 Å². The van der Waals surface area contributed by atoms with E-state index in [9.17, 15) is 9.59 Å². The van der Waals surface area contributed by atoms with Crippen LogP contribution in [0.4, 0.5) is 0 Å². The lowest BCUT2D eigenvalue weighted by atomic mass is 9.97. The molecule has 2 atom stereocenters. The summed E-state index contributed by atoms with van der Waals surface area (Å²) in [6.45, 7) is 6.62. The molecular formula is C18H36N2O2. The van der Waals surface area contributed by atoms with E-state index in [0.29, 0.717) is 24.7 Å². The van der Waals surface area contributed by atoms with Crippen molar-refractivity contribution in [2.75, 3.05) is 6.54 Å². The quantitative estimate of drug-likeness (QED) is 0.482. The summed E-state index contributed by atoms with van der Waals surface area (Å²) in [6, 6.07) is -0.466. The van der Waals surface area contributed by atoms with Crippen molar-refractivity contribution in [3.05, 3.63) is 0 Å². The summed E-state index contributed by atoms with van der Waals surface area (Å²) in [5.74, 6) is 0.625. The van der Waals surface area contributed by atoms with Crippen molar-refractivity contribution >= 4 is 11.7 Å². The molecule has 0 aromatic heterocycles. The molecule has 0 aliphatic carbocycles. The van der Waals surface area contributed by atoms with Crippen LogP contribution in [-0.2, 0) is 9.59 Å². The van der Waals surface area contributed by atoms with Gasteiger partial charge in [-0.05, 0) is 25.7 Å². The fourth-order valence-electron chi connectivity index (χ4n) is 2.45. The average molecular weight is 312 g/mol. The fourth-order valence-corrected chi connectivity index (χ4v) is 2.45. The highest BCUT2D eigenvalue weighted by Gasteiger charge is 2.12. The molecule has 0 bridgehead atoms. The van der Waals surface area contributed by atoms with Crippen molar-refractivity contribution in [2.24, 2.45) is 11.7 Å². The maximum atomic E-state index is 11.9. The van der Waals surface area contributed by atoms with Gasteiger partial charge in [0.2, 0.25) is 5.91 Å². The molecule has 4 heteroatoms. The molecule has 3 N–H and O–H groups in total. The van der Waals surface area contributed by atoms with Crippen LogP contribution in [0.3, 0.4) is 0 Å². The summed E-state index contributed by atoms with van der Waals surface area (Å²) in [7, 11) is 0. The summed E-state index contributed by atoms with van der Waals surface area (Å²) in [4.78, 5) is 23.3. The third-order valence-corrected chi connectivity index (χ3v) is 4.20. The molecule has 0 saturated heterocycles. The molecule has 0 rings (SSSR count). The summed E-state index contributed by atoms with van der Waals surface area (Å²) >= 11 is 0. The zero-order valence-corrected chi connectivity index (χ0v) is 14.8. The molecule has 0 aromatic carbocycles. The Hall–Kier alpha value is -0.900. The minimum absolute atomic E-state index is 0.114. The van der Waals surface area contributed by atoms with Crippen LogP contribution in [0, 0.1) is 5.92 Å². The largest absolute Gasteiger partial charge is 0.354 e. The van der Waals surface area contributed by atoms with Gasteiger partial charge in [0, 0.05) is 19.4 Å². The Balaban J connectivity index is 3.70. The zero-order chi connectivity index (χ0) is 16.8. The number of carbonyl (C=O) groups excluding carboxylic acids is 2. The zero-order valence-electron chi connectivity index (χ0n) is 14.8. The number of carbonyl (C=O) groups is 2. The Morgan fingerprint density at radius 3 is 2.23 bits per heavy atom. The van der Waals surface area contributed by atoms with Crippen molar-refractivity contribution in [1.29, 1.82) is 0 Å². The van der Waals surface area contributed by atoms with Crippen LogP contribution >= 0.6 is 0 Å². The van der Waals surface area contributed by atoms with Crippen LogP contribution in [-0.4, -0.2) is 24.3 Å². The minimum Gasteiger partial charge on any atom is -0.354 e. The van der Waals surface area contributed by atoms with Crippen molar-refractivity contribution in [3.8, 4) is 0 Å². The van der Waals surface area contributed by atoms with E-state index < -0.39 is 6.04 Å². The van der Waals surface area contributed by atoms with Crippen LogP contribution in [0.25, 0.3) is 0 Å². The van der Waals surface area contributed by atoms with Gasteiger partial charge in [-0.2, -0.15) is 0 Å². The first-order valence-electron chi connectivity index (χ1n) is 9.06. The summed E-state index contributed by atoms with van der Waals surface area (Å²) in [6.07, 6.45) is 10.5. The number of amides is 1. The predicted octanol–water partition coefficient (Wildman–Crippen LogP) is 3.58. The third-order valence-electron chi connectivity index (χ3n) is 4.20. The fraction of sp³-hybridized carbons (Fsp3) is 0.889. The van der Waals surface area contributed by atoms with Gasteiger partial charge >= 0.3 is 0 Å². The molecule has 2 unspecified atom stereocenters. The summed E-state index contributed by atoms with van der Waals surface area (Å²) in [5.41, 5.74) is 5.52. The third kappa shape index (κ3) is 11.7. The van der Waals surface area contributed by atoms with Crippen LogP contribution < -0.4 is 11.1 Å². The van der Waals surface area contributed by atoms with Gasteiger partial charge in [-0.1, -0.05) is 52.4 Å². The van der Waals surface area contributed by atoms with E-state index in [1.807, 2.05) is 0 Å². The van der Waals surface area contributed by atoms with Crippen molar-refractivity contribution in [3.63, 3.8) is 0 Å². The van der Waals surface area contributed by atoms with Gasteiger partial charge in [-0.25, -0.2) is 0 Å². The second kappa shape index (κ2) is 13.7. The second-order valence-corrected chi connectivity index (χ2v) is 6.40. The standard InChI is InChI=1S/C18H36N2O2/c1-4-6-7-8-9-10-11-17(21)13-12-16(5-2)14-20-18(22)15(3)19/h15-16H,4-14,19H2,1-3H3,(H,20,22). The number of ketones is 1. The smallest absolute Gasteiger partial charge is 0.236 e. The van der Waals surface area contributed by atoms with Crippen molar-refractivity contribution in [2.45, 2.75) is 91.0 Å². The number of unbranched alkanes of at least 4 members (excludes halogenated alkanes) is 5. The number of hydrogen-bond acceptors (Lipinski definition) is 3. The van der Waals surface area contributed by atoms with Gasteiger partial charge < -0.3 is 11.1 Å². The number of nitrogens with one attached hydrogen (secondary N) is 1. The number of hydrogen-bond donors (Lipinski definition) is 2. The Bertz CT molecular complexity index is 303. The minimum atomic E-state index is -0.466. The monoisotopic (exact) mass is 312 g/mol. The lowest BCUT2D eigenvalue weighted by Gasteiger charge is -2.16. The molecule has 4 nitrogen and oxygen atoms in total. The number of nitrogens with two attached hydrogens (primary N) is 1. The highest BCUT2D eigenvalue weighted by molar-refractivity contribution is 5.81. The van der Waals surface area contributed by atoms with Crippen molar-refractivity contribution in [1.82, 2.24) is 5.32 Å². The van der Waals surface area contributed by atoms with E-state index in [0.717, 1.165) is 25.7 Å². The lowest BCUT2D eigenvalue weighted by molar-refractivity contribution is -0.122. The summed E-state index contributed by atoms with van der Waals surface area (Å²) in [5, 5.41) is 2.85. The maximum Gasteiger partial charge on any atom is 0.236 e. The summed E-state index contributed by atoms with van der Waals surface area (Å²) < 4.78 is 0. The van der Waals surface area contributed by atoms with Gasteiger partial charge in [-0.3, -0.25) is 9.59 Å². The van der Waals surface area contributed by atoms with Crippen LogP contribution in [0.15, 0.2) is 0 Å². The normalized spacial score (nSPS) is 13.6. The Morgan fingerprint density at radius 2 is 1.64 bits per heavy atom. The molecule has 0 saturated carbocycles. The second-order valence-electron chi connectivity index (χ2n) is 6.40. The van der Waals surface area contributed by atoms with Gasteiger partial charge in [-0.15, -0.1) is 0 Å². The molecule has 0 aliphatic rings. The molecule has 130 valence electrons. The lowest BCUT2D eigenvalue weighted by Crippen LogP contribution is -2.40. The predicted molar refractivity (Wildman–Crippen MR) is 92.7 cm³/mol. The first-order chi connectivity index (χ1) is 10.5. The van der Waals surface area contributed by atoms with Crippen LogP contribution in [0.2, 0.25) is 0 Å².